The lowest BCUT2D eigenvalue weighted by atomic mass is 10.2. The Balaban J connectivity index is 1.67. The number of amides is 1. The lowest BCUT2D eigenvalue weighted by Crippen LogP contribution is -2.48. The van der Waals surface area contributed by atoms with Gasteiger partial charge in [-0.2, -0.15) is 5.10 Å². The van der Waals surface area contributed by atoms with Gasteiger partial charge in [0.2, 0.25) is 5.69 Å². The Hall–Kier alpha value is -2.68. The Labute approximate surface area is 138 Å². The van der Waals surface area contributed by atoms with Crippen molar-refractivity contribution in [1.82, 2.24) is 19.6 Å². The molecule has 3 rings (SSSR count). The number of aromatic nitrogens is 2. The van der Waals surface area contributed by atoms with Crippen LogP contribution in [0.15, 0.2) is 22.8 Å². The summed E-state index contributed by atoms with van der Waals surface area (Å²) < 4.78 is 6.70. The smallest absolute Gasteiger partial charge is 0.322 e. The van der Waals surface area contributed by atoms with Crippen molar-refractivity contribution >= 4 is 11.6 Å². The minimum atomic E-state index is -0.539. The van der Waals surface area contributed by atoms with Crippen LogP contribution in [0.3, 0.4) is 0 Å². The second kappa shape index (κ2) is 6.44. The van der Waals surface area contributed by atoms with Crippen molar-refractivity contribution in [2.75, 3.05) is 26.2 Å². The highest BCUT2D eigenvalue weighted by molar-refractivity contribution is 5.96. The highest BCUT2D eigenvalue weighted by Crippen LogP contribution is 2.24. The van der Waals surface area contributed by atoms with Crippen molar-refractivity contribution < 1.29 is 14.1 Å². The molecular weight excluding hydrogens is 314 g/mol. The molecule has 0 atom stereocenters. The van der Waals surface area contributed by atoms with Crippen molar-refractivity contribution in [1.29, 1.82) is 0 Å². The first-order valence-corrected chi connectivity index (χ1v) is 7.69. The molecule has 1 aliphatic rings. The molecule has 3 heterocycles. The number of aryl methyl sites for hydroxylation is 1. The Kier molecular flexibility index (Phi) is 4.34. The van der Waals surface area contributed by atoms with Crippen LogP contribution in [-0.4, -0.2) is 56.6 Å². The van der Waals surface area contributed by atoms with Gasteiger partial charge in [-0.05, 0) is 19.1 Å². The molecule has 1 saturated heterocycles. The van der Waals surface area contributed by atoms with Crippen molar-refractivity contribution in [2.24, 2.45) is 7.05 Å². The summed E-state index contributed by atoms with van der Waals surface area (Å²) in [6.07, 6.45) is 1.64. The van der Waals surface area contributed by atoms with Crippen LogP contribution in [0.25, 0.3) is 0 Å². The third-order valence-electron chi connectivity index (χ3n) is 4.31. The summed E-state index contributed by atoms with van der Waals surface area (Å²) >= 11 is 0. The van der Waals surface area contributed by atoms with Gasteiger partial charge < -0.3 is 9.32 Å². The fourth-order valence-corrected chi connectivity index (χ4v) is 2.84. The number of furan rings is 1. The Morgan fingerprint density at radius 2 is 2.08 bits per heavy atom. The van der Waals surface area contributed by atoms with E-state index in [4.69, 9.17) is 4.42 Å². The van der Waals surface area contributed by atoms with Gasteiger partial charge in [0, 0.05) is 33.2 Å². The molecule has 2 aromatic rings. The van der Waals surface area contributed by atoms with E-state index >= 15 is 0 Å². The molecule has 0 radical (unpaired) electrons. The summed E-state index contributed by atoms with van der Waals surface area (Å²) in [6, 6.07) is 3.76. The van der Waals surface area contributed by atoms with Crippen LogP contribution >= 0.6 is 0 Å². The number of rotatable bonds is 4. The first-order chi connectivity index (χ1) is 11.5. The number of nitro groups is 1. The van der Waals surface area contributed by atoms with Crippen molar-refractivity contribution in [3.8, 4) is 0 Å². The average molecular weight is 333 g/mol. The van der Waals surface area contributed by atoms with Gasteiger partial charge in [0.15, 0.2) is 0 Å². The standard InChI is InChI=1S/C15H19N5O4/c1-11-14(20(22)23)13(16-17(11)2)15(21)19-7-5-18(6-8-19)10-12-4-3-9-24-12/h3-4,9H,5-8,10H2,1-2H3. The minimum absolute atomic E-state index is 0.0838. The van der Waals surface area contributed by atoms with Crippen LogP contribution in [0.2, 0.25) is 0 Å². The predicted molar refractivity (Wildman–Crippen MR) is 84.5 cm³/mol. The zero-order valence-electron chi connectivity index (χ0n) is 13.6. The molecule has 9 heteroatoms. The van der Waals surface area contributed by atoms with E-state index in [0.29, 0.717) is 38.4 Å². The normalized spacial score (nSPS) is 15.7. The Bertz CT molecular complexity index is 744. The molecule has 2 aromatic heterocycles. The summed E-state index contributed by atoms with van der Waals surface area (Å²) in [6.45, 7) is 4.66. The molecule has 128 valence electrons. The average Bonchev–Trinajstić information content (AvgIpc) is 3.16. The number of hydrogen-bond acceptors (Lipinski definition) is 6. The van der Waals surface area contributed by atoms with E-state index in [1.165, 1.54) is 4.68 Å². The summed E-state index contributed by atoms with van der Waals surface area (Å²) in [5.41, 5.74) is 0.0832. The number of nitrogens with zero attached hydrogens (tertiary/aromatic N) is 5. The molecule has 0 N–H and O–H groups in total. The van der Waals surface area contributed by atoms with E-state index in [9.17, 15) is 14.9 Å². The van der Waals surface area contributed by atoms with E-state index in [0.717, 1.165) is 5.76 Å². The van der Waals surface area contributed by atoms with Gasteiger partial charge in [-0.3, -0.25) is 24.5 Å². The molecule has 0 aromatic carbocycles. The van der Waals surface area contributed by atoms with Gasteiger partial charge in [-0.1, -0.05) is 0 Å². The van der Waals surface area contributed by atoms with Crippen LogP contribution in [0.5, 0.6) is 0 Å². The fourth-order valence-electron chi connectivity index (χ4n) is 2.84. The molecule has 0 aliphatic carbocycles. The topological polar surface area (TPSA) is 97.7 Å². The maximum Gasteiger partial charge on any atom is 0.322 e. The number of hydrogen-bond donors (Lipinski definition) is 0. The monoisotopic (exact) mass is 333 g/mol. The van der Waals surface area contributed by atoms with Gasteiger partial charge in [0.1, 0.15) is 11.5 Å². The van der Waals surface area contributed by atoms with Crippen LogP contribution in [-0.2, 0) is 13.6 Å². The first kappa shape index (κ1) is 16.2. The van der Waals surface area contributed by atoms with E-state index in [2.05, 4.69) is 10.00 Å². The maximum absolute atomic E-state index is 12.6. The summed E-state index contributed by atoms with van der Waals surface area (Å²) in [5, 5.41) is 15.3. The summed E-state index contributed by atoms with van der Waals surface area (Å²) in [7, 11) is 1.60. The molecule has 9 nitrogen and oxygen atoms in total. The molecule has 1 aliphatic heterocycles. The Morgan fingerprint density at radius 1 is 1.38 bits per heavy atom. The molecule has 0 unspecified atom stereocenters. The van der Waals surface area contributed by atoms with Crippen LogP contribution in [0.1, 0.15) is 21.9 Å². The second-order valence-corrected chi connectivity index (χ2v) is 5.81. The number of carbonyl (C=O) groups is 1. The quantitative estimate of drug-likeness (QED) is 0.616. The van der Waals surface area contributed by atoms with Gasteiger partial charge in [-0.25, -0.2) is 0 Å². The van der Waals surface area contributed by atoms with Gasteiger partial charge >= 0.3 is 5.69 Å². The highest BCUT2D eigenvalue weighted by atomic mass is 16.6. The molecule has 0 saturated carbocycles. The maximum atomic E-state index is 12.6. The highest BCUT2D eigenvalue weighted by Gasteiger charge is 2.33. The van der Waals surface area contributed by atoms with Crippen molar-refractivity contribution in [2.45, 2.75) is 13.5 Å². The van der Waals surface area contributed by atoms with E-state index < -0.39 is 4.92 Å². The third kappa shape index (κ3) is 3.02. The van der Waals surface area contributed by atoms with Crippen LogP contribution < -0.4 is 0 Å². The van der Waals surface area contributed by atoms with Gasteiger partial charge in [0.05, 0.1) is 17.7 Å². The van der Waals surface area contributed by atoms with Gasteiger partial charge in [-0.15, -0.1) is 0 Å². The lowest BCUT2D eigenvalue weighted by Gasteiger charge is -2.33. The second-order valence-electron chi connectivity index (χ2n) is 5.81. The zero-order valence-corrected chi connectivity index (χ0v) is 13.6. The SMILES string of the molecule is Cc1c([N+](=O)[O-])c(C(=O)N2CCN(Cc3ccco3)CC2)nn1C. The molecular formula is C15H19N5O4. The lowest BCUT2D eigenvalue weighted by molar-refractivity contribution is -0.385. The minimum Gasteiger partial charge on any atom is -0.468 e. The van der Waals surface area contributed by atoms with E-state index in [1.807, 2.05) is 12.1 Å². The molecule has 1 fully saturated rings. The van der Waals surface area contributed by atoms with Crippen molar-refractivity contribution in [3.05, 3.63) is 45.7 Å². The van der Waals surface area contributed by atoms with Crippen molar-refractivity contribution in [3.63, 3.8) is 0 Å². The van der Waals surface area contributed by atoms with E-state index in [-0.39, 0.29) is 17.3 Å². The fraction of sp³-hybridized carbons (Fsp3) is 0.467. The molecule has 0 spiro atoms. The van der Waals surface area contributed by atoms with Crippen LogP contribution in [0, 0.1) is 17.0 Å². The number of carbonyl (C=O) groups excluding carboxylic acids is 1. The zero-order chi connectivity index (χ0) is 17.3. The third-order valence-corrected chi connectivity index (χ3v) is 4.31. The summed E-state index contributed by atoms with van der Waals surface area (Å²) in [5.74, 6) is 0.494. The largest absolute Gasteiger partial charge is 0.468 e. The number of piperazine rings is 1. The predicted octanol–water partition coefficient (Wildman–Crippen LogP) is 1.19. The Morgan fingerprint density at radius 3 is 2.67 bits per heavy atom. The summed E-state index contributed by atoms with van der Waals surface area (Å²) in [4.78, 5) is 27.1. The van der Waals surface area contributed by atoms with Gasteiger partial charge in [0.25, 0.3) is 5.91 Å². The van der Waals surface area contributed by atoms with E-state index in [1.54, 1.807) is 25.1 Å². The molecule has 24 heavy (non-hydrogen) atoms. The molecule has 0 bridgehead atoms. The van der Waals surface area contributed by atoms with Crippen LogP contribution in [0.4, 0.5) is 5.69 Å². The first-order valence-electron chi connectivity index (χ1n) is 7.69. The molecule has 1 amide bonds.